The van der Waals surface area contributed by atoms with E-state index in [-0.39, 0.29) is 24.4 Å². The number of esters is 1. The Labute approximate surface area is 88.9 Å². The smallest absolute Gasteiger partial charge is 0.325 e. The summed E-state index contributed by atoms with van der Waals surface area (Å²) >= 11 is 0. The predicted molar refractivity (Wildman–Crippen MR) is 54.9 cm³/mol. The molecule has 5 heteroatoms. The molecule has 1 aliphatic carbocycles. The molecule has 84 valence electrons. The fourth-order valence-corrected chi connectivity index (χ4v) is 1.53. The summed E-state index contributed by atoms with van der Waals surface area (Å²) in [5.74, 6) is -0.712. The maximum atomic E-state index is 11.8. The summed E-state index contributed by atoms with van der Waals surface area (Å²) in [4.78, 5) is 24.1. The van der Waals surface area contributed by atoms with Gasteiger partial charge >= 0.3 is 5.97 Å². The van der Waals surface area contributed by atoms with Crippen LogP contribution >= 0.6 is 0 Å². The standard InChI is InChI=1S/C10H16N2O3/c1-12(6-9(13)15-2)10(14)7-3-4-8(11)5-7/h3-4,7-8H,5-6,11H2,1-2H3. The molecule has 1 aliphatic rings. The van der Waals surface area contributed by atoms with Crippen molar-refractivity contribution in [1.29, 1.82) is 0 Å². The van der Waals surface area contributed by atoms with Crippen molar-refractivity contribution in [2.24, 2.45) is 11.7 Å². The summed E-state index contributed by atoms with van der Waals surface area (Å²) in [5.41, 5.74) is 5.64. The third kappa shape index (κ3) is 3.06. The molecule has 5 nitrogen and oxygen atoms in total. The highest BCUT2D eigenvalue weighted by atomic mass is 16.5. The van der Waals surface area contributed by atoms with E-state index in [1.807, 2.05) is 6.08 Å². The maximum absolute atomic E-state index is 11.8. The Morgan fingerprint density at radius 2 is 2.20 bits per heavy atom. The highest BCUT2D eigenvalue weighted by Gasteiger charge is 2.26. The monoisotopic (exact) mass is 212 g/mol. The van der Waals surface area contributed by atoms with E-state index in [4.69, 9.17) is 5.73 Å². The molecule has 0 spiro atoms. The molecule has 0 saturated carbocycles. The van der Waals surface area contributed by atoms with E-state index in [1.54, 1.807) is 13.1 Å². The van der Waals surface area contributed by atoms with Crippen LogP contribution in [0.15, 0.2) is 12.2 Å². The van der Waals surface area contributed by atoms with Crippen LogP contribution in [0.4, 0.5) is 0 Å². The van der Waals surface area contributed by atoms with Crippen LogP contribution < -0.4 is 5.73 Å². The third-order valence-corrected chi connectivity index (χ3v) is 2.40. The van der Waals surface area contributed by atoms with E-state index >= 15 is 0 Å². The molecule has 0 aromatic heterocycles. The zero-order valence-electron chi connectivity index (χ0n) is 8.97. The van der Waals surface area contributed by atoms with Crippen molar-refractivity contribution in [3.8, 4) is 0 Å². The van der Waals surface area contributed by atoms with Gasteiger partial charge < -0.3 is 15.4 Å². The molecule has 1 rings (SSSR count). The fraction of sp³-hybridized carbons (Fsp3) is 0.600. The van der Waals surface area contributed by atoms with Gasteiger partial charge in [0.2, 0.25) is 5.91 Å². The molecule has 0 bridgehead atoms. The highest BCUT2D eigenvalue weighted by Crippen LogP contribution is 2.18. The van der Waals surface area contributed by atoms with Crippen molar-refractivity contribution in [3.63, 3.8) is 0 Å². The number of methoxy groups -OCH3 is 1. The van der Waals surface area contributed by atoms with Crippen molar-refractivity contribution in [2.75, 3.05) is 20.7 Å². The van der Waals surface area contributed by atoms with E-state index in [9.17, 15) is 9.59 Å². The number of ether oxygens (including phenoxy) is 1. The molecule has 15 heavy (non-hydrogen) atoms. The summed E-state index contributed by atoms with van der Waals surface area (Å²) in [6.45, 7) is -0.0189. The summed E-state index contributed by atoms with van der Waals surface area (Å²) in [6, 6.07) is -0.0505. The molecule has 0 heterocycles. The largest absolute Gasteiger partial charge is 0.468 e. The second kappa shape index (κ2) is 4.93. The number of hydrogen-bond acceptors (Lipinski definition) is 4. The van der Waals surface area contributed by atoms with Crippen molar-refractivity contribution in [3.05, 3.63) is 12.2 Å². The minimum atomic E-state index is -0.419. The number of likely N-dealkylation sites (N-methyl/N-ethyl adjacent to an activating group) is 1. The van der Waals surface area contributed by atoms with Gasteiger partial charge in [0.1, 0.15) is 6.54 Å². The van der Waals surface area contributed by atoms with Gasteiger partial charge in [0.25, 0.3) is 0 Å². The molecule has 2 N–H and O–H groups in total. The van der Waals surface area contributed by atoms with E-state index in [0.29, 0.717) is 6.42 Å². The molecular formula is C10H16N2O3. The van der Waals surface area contributed by atoms with Crippen LogP contribution in [0, 0.1) is 5.92 Å². The van der Waals surface area contributed by atoms with E-state index in [1.165, 1.54) is 12.0 Å². The molecule has 0 aromatic rings. The van der Waals surface area contributed by atoms with E-state index in [0.717, 1.165) is 0 Å². The van der Waals surface area contributed by atoms with Crippen LogP contribution in [0.25, 0.3) is 0 Å². The number of rotatable bonds is 3. The zero-order chi connectivity index (χ0) is 11.4. The fourth-order valence-electron chi connectivity index (χ4n) is 1.53. The van der Waals surface area contributed by atoms with Gasteiger partial charge in [-0.15, -0.1) is 0 Å². The number of hydrogen-bond donors (Lipinski definition) is 1. The second-order valence-corrected chi connectivity index (χ2v) is 3.66. The lowest BCUT2D eigenvalue weighted by Crippen LogP contribution is -2.36. The minimum absolute atomic E-state index is 0.0189. The number of nitrogens with zero attached hydrogens (tertiary/aromatic N) is 1. The van der Waals surface area contributed by atoms with Crippen molar-refractivity contribution in [2.45, 2.75) is 12.5 Å². The van der Waals surface area contributed by atoms with Gasteiger partial charge in [0, 0.05) is 13.1 Å². The Kier molecular flexibility index (Phi) is 3.85. The van der Waals surface area contributed by atoms with Crippen LogP contribution in [0.3, 0.4) is 0 Å². The second-order valence-electron chi connectivity index (χ2n) is 3.66. The molecule has 0 aromatic carbocycles. The number of carbonyl (C=O) groups is 2. The Morgan fingerprint density at radius 1 is 1.53 bits per heavy atom. The lowest BCUT2D eigenvalue weighted by Gasteiger charge is -2.19. The molecule has 2 atom stereocenters. The number of carbonyl (C=O) groups excluding carboxylic acids is 2. The van der Waals surface area contributed by atoms with E-state index < -0.39 is 5.97 Å². The van der Waals surface area contributed by atoms with Gasteiger partial charge in [0.05, 0.1) is 13.0 Å². The zero-order valence-corrected chi connectivity index (χ0v) is 8.97. The third-order valence-electron chi connectivity index (χ3n) is 2.40. The van der Waals surface area contributed by atoms with Gasteiger partial charge in [-0.3, -0.25) is 9.59 Å². The van der Waals surface area contributed by atoms with Crippen molar-refractivity contribution in [1.82, 2.24) is 4.90 Å². The van der Waals surface area contributed by atoms with Gasteiger partial charge in [-0.2, -0.15) is 0 Å². The normalized spacial score (nSPS) is 23.9. The van der Waals surface area contributed by atoms with Crippen LogP contribution in [0.1, 0.15) is 6.42 Å². The number of nitrogens with two attached hydrogens (primary N) is 1. The first kappa shape index (κ1) is 11.7. The molecule has 0 radical (unpaired) electrons. The van der Waals surface area contributed by atoms with Gasteiger partial charge in [0.15, 0.2) is 0 Å². The van der Waals surface area contributed by atoms with Crippen LogP contribution in [0.5, 0.6) is 0 Å². The molecule has 2 unspecified atom stereocenters. The predicted octanol–water partition coefficient (Wildman–Crippen LogP) is -0.479. The Hall–Kier alpha value is -1.36. The molecule has 1 amide bonds. The molecular weight excluding hydrogens is 196 g/mol. The Morgan fingerprint density at radius 3 is 2.67 bits per heavy atom. The number of amides is 1. The highest BCUT2D eigenvalue weighted by molar-refractivity contribution is 5.85. The summed E-state index contributed by atoms with van der Waals surface area (Å²) in [5, 5.41) is 0. The Balaban J connectivity index is 2.46. The SMILES string of the molecule is COC(=O)CN(C)C(=O)C1C=CC(N)C1. The quantitative estimate of drug-likeness (QED) is 0.506. The first-order valence-corrected chi connectivity index (χ1v) is 4.80. The van der Waals surface area contributed by atoms with Crippen molar-refractivity contribution < 1.29 is 14.3 Å². The van der Waals surface area contributed by atoms with Gasteiger partial charge in [-0.25, -0.2) is 0 Å². The van der Waals surface area contributed by atoms with Gasteiger partial charge in [-0.05, 0) is 6.42 Å². The lowest BCUT2D eigenvalue weighted by atomic mass is 10.1. The average Bonchev–Trinajstić information content (AvgIpc) is 2.63. The van der Waals surface area contributed by atoms with Crippen LogP contribution in [-0.2, 0) is 14.3 Å². The lowest BCUT2D eigenvalue weighted by molar-refractivity contribution is -0.146. The topological polar surface area (TPSA) is 72.6 Å². The molecule has 0 saturated heterocycles. The summed E-state index contributed by atoms with van der Waals surface area (Å²) < 4.78 is 4.48. The average molecular weight is 212 g/mol. The minimum Gasteiger partial charge on any atom is -0.468 e. The summed E-state index contributed by atoms with van der Waals surface area (Å²) in [7, 11) is 2.88. The van der Waals surface area contributed by atoms with E-state index in [2.05, 4.69) is 4.74 Å². The van der Waals surface area contributed by atoms with Crippen LogP contribution in [0.2, 0.25) is 0 Å². The van der Waals surface area contributed by atoms with Gasteiger partial charge in [-0.1, -0.05) is 12.2 Å². The summed E-state index contributed by atoms with van der Waals surface area (Å²) in [6.07, 6.45) is 4.22. The first-order chi connectivity index (χ1) is 7.04. The van der Waals surface area contributed by atoms with Crippen molar-refractivity contribution >= 4 is 11.9 Å². The Bertz CT molecular complexity index is 288. The first-order valence-electron chi connectivity index (χ1n) is 4.80. The molecule has 0 aliphatic heterocycles. The maximum Gasteiger partial charge on any atom is 0.325 e. The molecule has 0 fully saturated rings. The van der Waals surface area contributed by atoms with Crippen LogP contribution in [-0.4, -0.2) is 43.5 Å².